The molecule has 0 spiro atoms. The SMILES string of the molecule is CN1C=CN(OS(=O)(=O)C(F)(F)F)C1. The van der Waals surface area contributed by atoms with E-state index in [0.717, 1.165) is 6.20 Å². The van der Waals surface area contributed by atoms with Crippen LogP contribution in [0.5, 0.6) is 0 Å². The van der Waals surface area contributed by atoms with E-state index in [9.17, 15) is 21.6 Å². The van der Waals surface area contributed by atoms with Gasteiger partial charge in [-0.1, -0.05) is 0 Å². The Kier molecular flexibility index (Phi) is 2.63. The molecule has 0 saturated carbocycles. The van der Waals surface area contributed by atoms with Gasteiger partial charge in [-0.3, -0.25) is 0 Å². The van der Waals surface area contributed by atoms with Crippen molar-refractivity contribution in [2.45, 2.75) is 5.51 Å². The molecule has 0 N–H and O–H groups in total. The molecule has 0 aromatic carbocycles. The Morgan fingerprint density at radius 2 is 1.93 bits per heavy atom. The van der Waals surface area contributed by atoms with E-state index in [2.05, 4.69) is 4.28 Å². The fraction of sp³-hybridized carbons (Fsp3) is 0.600. The van der Waals surface area contributed by atoms with E-state index in [1.54, 1.807) is 7.05 Å². The van der Waals surface area contributed by atoms with E-state index in [0.29, 0.717) is 5.06 Å². The van der Waals surface area contributed by atoms with Crippen molar-refractivity contribution in [1.29, 1.82) is 0 Å². The highest BCUT2D eigenvalue weighted by atomic mass is 32.2. The van der Waals surface area contributed by atoms with Gasteiger partial charge >= 0.3 is 15.6 Å². The van der Waals surface area contributed by atoms with Crippen LogP contribution in [-0.4, -0.2) is 37.6 Å². The highest BCUT2D eigenvalue weighted by molar-refractivity contribution is 7.87. The maximum Gasteiger partial charge on any atom is 0.525 e. The summed E-state index contributed by atoms with van der Waals surface area (Å²) in [5.74, 6) is 0. The summed E-state index contributed by atoms with van der Waals surface area (Å²) < 4.78 is 60.2. The maximum absolute atomic E-state index is 11.8. The largest absolute Gasteiger partial charge is 0.525 e. The summed E-state index contributed by atoms with van der Waals surface area (Å²) in [6.07, 6.45) is 2.47. The van der Waals surface area contributed by atoms with Crippen LogP contribution in [-0.2, 0) is 14.4 Å². The van der Waals surface area contributed by atoms with Crippen LogP contribution in [0.15, 0.2) is 12.4 Å². The van der Waals surface area contributed by atoms with Crippen molar-refractivity contribution < 1.29 is 25.9 Å². The molecule has 1 rings (SSSR count). The number of hydroxylamine groups is 2. The molecule has 0 fully saturated rings. The molecule has 82 valence electrons. The van der Waals surface area contributed by atoms with Crippen LogP contribution in [0.4, 0.5) is 13.2 Å². The van der Waals surface area contributed by atoms with E-state index in [4.69, 9.17) is 0 Å². The number of hydrogen-bond acceptors (Lipinski definition) is 5. The van der Waals surface area contributed by atoms with Crippen molar-refractivity contribution in [2.24, 2.45) is 0 Å². The molecule has 9 heteroatoms. The second-order valence-electron chi connectivity index (χ2n) is 2.59. The van der Waals surface area contributed by atoms with Gasteiger partial charge in [-0.25, -0.2) is 5.06 Å². The summed E-state index contributed by atoms with van der Waals surface area (Å²) in [5.41, 5.74) is -5.40. The lowest BCUT2D eigenvalue weighted by Gasteiger charge is -2.17. The van der Waals surface area contributed by atoms with Gasteiger partial charge in [0.05, 0.1) is 0 Å². The first kappa shape index (κ1) is 11.1. The van der Waals surface area contributed by atoms with Crippen molar-refractivity contribution in [3.63, 3.8) is 0 Å². The van der Waals surface area contributed by atoms with Gasteiger partial charge in [-0.05, 0) is 0 Å². The van der Waals surface area contributed by atoms with Crippen molar-refractivity contribution >= 4 is 10.1 Å². The van der Waals surface area contributed by atoms with Gasteiger partial charge in [0.2, 0.25) is 0 Å². The van der Waals surface area contributed by atoms with Crippen LogP contribution in [0.2, 0.25) is 0 Å². The van der Waals surface area contributed by atoms with E-state index in [1.807, 2.05) is 0 Å². The average Bonchev–Trinajstić information content (AvgIpc) is 2.31. The molecule has 0 amide bonds. The molecule has 0 radical (unpaired) electrons. The Labute approximate surface area is 78.4 Å². The number of rotatable bonds is 2. The first-order valence-electron chi connectivity index (χ1n) is 3.38. The number of halogens is 3. The lowest BCUT2D eigenvalue weighted by atomic mass is 10.9. The minimum absolute atomic E-state index is 0.0741. The van der Waals surface area contributed by atoms with Crippen LogP contribution >= 0.6 is 0 Å². The van der Waals surface area contributed by atoms with E-state index < -0.39 is 15.6 Å². The Balaban J connectivity index is 2.67. The molecule has 0 atom stereocenters. The molecule has 1 heterocycles. The molecule has 0 bridgehead atoms. The third-order valence-electron chi connectivity index (χ3n) is 1.33. The third kappa shape index (κ3) is 2.29. The predicted molar refractivity (Wildman–Crippen MR) is 39.7 cm³/mol. The van der Waals surface area contributed by atoms with Crippen LogP contribution < -0.4 is 0 Å². The van der Waals surface area contributed by atoms with E-state index in [-0.39, 0.29) is 6.67 Å². The molecule has 5 nitrogen and oxygen atoms in total. The Morgan fingerprint density at radius 3 is 2.29 bits per heavy atom. The monoisotopic (exact) mass is 232 g/mol. The third-order valence-corrected chi connectivity index (χ3v) is 2.28. The zero-order chi connectivity index (χ0) is 11.0. The van der Waals surface area contributed by atoms with Crippen molar-refractivity contribution in [1.82, 2.24) is 9.96 Å². The second kappa shape index (κ2) is 3.31. The number of hydrogen-bond donors (Lipinski definition) is 0. The quantitative estimate of drug-likeness (QED) is 0.647. The van der Waals surface area contributed by atoms with Gasteiger partial charge in [-0.15, -0.1) is 4.28 Å². The normalized spacial score (nSPS) is 18.0. The minimum atomic E-state index is -5.56. The standard InChI is InChI=1S/C5H7F3N2O3S/c1-9-2-3-10(4-9)13-14(11,12)5(6,7)8/h2-3H,4H2,1H3. The van der Waals surface area contributed by atoms with Gasteiger partial charge in [0, 0.05) is 19.4 Å². The predicted octanol–water partition coefficient (Wildman–Crippen LogP) is 0.444. The number of alkyl halides is 3. The smallest absolute Gasteiger partial charge is 0.360 e. The molecule has 14 heavy (non-hydrogen) atoms. The summed E-state index contributed by atoms with van der Waals surface area (Å²) in [7, 11) is -4.00. The van der Waals surface area contributed by atoms with Gasteiger partial charge in [0.1, 0.15) is 6.67 Å². The highest BCUT2D eigenvalue weighted by Gasteiger charge is 2.49. The van der Waals surface area contributed by atoms with Crippen LogP contribution in [0.3, 0.4) is 0 Å². The first-order chi connectivity index (χ1) is 6.22. The topological polar surface area (TPSA) is 49.9 Å². The summed E-state index contributed by atoms with van der Waals surface area (Å²) in [5, 5.41) is 0.572. The molecule has 0 aromatic rings. The minimum Gasteiger partial charge on any atom is -0.360 e. The Bertz CT molecular complexity index is 337. The molecule has 0 aromatic heterocycles. The van der Waals surface area contributed by atoms with Crippen LogP contribution in [0.1, 0.15) is 0 Å². The van der Waals surface area contributed by atoms with Crippen molar-refractivity contribution in [3.8, 4) is 0 Å². The molecule has 0 aliphatic carbocycles. The fourth-order valence-corrected chi connectivity index (χ4v) is 1.15. The summed E-state index contributed by atoms with van der Waals surface area (Å²) >= 11 is 0. The molecular formula is C5H7F3N2O3S. The van der Waals surface area contributed by atoms with Gasteiger partial charge in [0.25, 0.3) is 0 Å². The van der Waals surface area contributed by atoms with Gasteiger partial charge in [0.15, 0.2) is 0 Å². The Morgan fingerprint density at radius 1 is 1.36 bits per heavy atom. The lowest BCUT2D eigenvalue weighted by Crippen LogP contribution is -2.33. The molecule has 1 aliphatic heterocycles. The number of nitrogens with zero attached hydrogens (tertiary/aromatic N) is 2. The van der Waals surface area contributed by atoms with Crippen LogP contribution in [0.25, 0.3) is 0 Å². The molecule has 1 aliphatic rings. The van der Waals surface area contributed by atoms with Gasteiger partial charge < -0.3 is 4.90 Å². The average molecular weight is 232 g/mol. The van der Waals surface area contributed by atoms with Gasteiger partial charge in [-0.2, -0.15) is 21.6 Å². The summed E-state index contributed by atoms with van der Waals surface area (Å²) in [6.45, 7) is -0.0741. The highest BCUT2D eigenvalue weighted by Crippen LogP contribution is 2.26. The molecule has 0 unspecified atom stereocenters. The molecule has 0 saturated heterocycles. The maximum atomic E-state index is 11.8. The zero-order valence-electron chi connectivity index (χ0n) is 7.02. The van der Waals surface area contributed by atoms with Crippen LogP contribution in [0, 0.1) is 0 Å². The Hall–Kier alpha value is -0.960. The first-order valence-corrected chi connectivity index (χ1v) is 4.79. The zero-order valence-corrected chi connectivity index (χ0v) is 7.84. The van der Waals surface area contributed by atoms with E-state index >= 15 is 0 Å². The fourth-order valence-electron chi connectivity index (χ4n) is 0.719. The van der Waals surface area contributed by atoms with Crippen molar-refractivity contribution in [2.75, 3.05) is 13.7 Å². The summed E-state index contributed by atoms with van der Waals surface area (Å²) in [4.78, 5) is 1.45. The molecular weight excluding hydrogens is 225 g/mol. The second-order valence-corrected chi connectivity index (χ2v) is 4.11. The summed E-state index contributed by atoms with van der Waals surface area (Å²) in [6, 6.07) is 0. The lowest BCUT2D eigenvalue weighted by molar-refractivity contribution is -0.0854. The van der Waals surface area contributed by atoms with Crippen molar-refractivity contribution in [3.05, 3.63) is 12.4 Å². The van der Waals surface area contributed by atoms with E-state index in [1.165, 1.54) is 11.1 Å².